The van der Waals surface area contributed by atoms with Crippen molar-refractivity contribution < 1.29 is 37.0 Å². The molecule has 0 aliphatic rings. The number of urea groups is 1. The third-order valence-corrected chi connectivity index (χ3v) is 2.97. The molecule has 0 saturated heterocycles. The lowest BCUT2D eigenvalue weighted by Gasteiger charge is -2.10. The molecule has 2 N–H and O–H groups in total. The SMILES string of the molecule is CC(C)c1ccc(OCC(=O)OCC(=O)NC(=O)NCC(F)(F)F)cc1. The topological polar surface area (TPSA) is 93.7 Å². The van der Waals surface area contributed by atoms with Gasteiger partial charge in [0.2, 0.25) is 0 Å². The number of halogens is 3. The molecule has 1 aromatic rings. The number of rotatable bonds is 7. The highest BCUT2D eigenvalue weighted by Gasteiger charge is 2.28. The first-order valence-electron chi connectivity index (χ1n) is 7.59. The molecular weight excluding hydrogens is 357 g/mol. The molecule has 7 nitrogen and oxygen atoms in total. The van der Waals surface area contributed by atoms with Crippen LogP contribution in [0, 0.1) is 0 Å². The maximum absolute atomic E-state index is 11.9. The second-order valence-corrected chi connectivity index (χ2v) is 5.52. The van der Waals surface area contributed by atoms with Crippen LogP contribution in [0.1, 0.15) is 25.3 Å². The largest absolute Gasteiger partial charge is 0.482 e. The van der Waals surface area contributed by atoms with Crippen molar-refractivity contribution in [3.8, 4) is 5.75 Å². The molecule has 0 aliphatic heterocycles. The summed E-state index contributed by atoms with van der Waals surface area (Å²) < 4.78 is 45.4. The van der Waals surface area contributed by atoms with Crippen LogP contribution in [0.4, 0.5) is 18.0 Å². The molecule has 144 valence electrons. The van der Waals surface area contributed by atoms with Crippen LogP contribution in [0.15, 0.2) is 24.3 Å². The molecule has 0 bridgehead atoms. The van der Waals surface area contributed by atoms with Crippen molar-refractivity contribution in [2.75, 3.05) is 19.8 Å². The van der Waals surface area contributed by atoms with E-state index in [1.807, 2.05) is 26.0 Å². The molecule has 0 fully saturated rings. The number of imide groups is 1. The van der Waals surface area contributed by atoms with E-state index in [4.69, 9.17) is 4.74 Å². The Labute approximate surface area is 147 Å². The molecule has 0 aliphatic carbocycles. The highest BCUT2D eigenvalue weighted by atomic mass is 19.4. The smallest absolute Gasteiger partial charge is 0.405 e. The Balaban J connectivity index is 2.26. The van der Waals surface area contributed by atoms with Gasteiger partial charge in [0.05, 0.1) is 0 Å². The zero-order valence-corrected chi connectivity index (χ0v) is 14.2. The van der Waals surface area contributed by atoms with Gasteiger partial charge in [-0.25, -0.2) is 9.59 Å². The maximum atomic E-state index is 11.9. The number of carbonyl (C=O) groups is 3. The first-order valence-corrected chi connectivity index (χ1v) is 7.59. The Hall–Kier alpha value is -2.78. The van der Waals surface area contributed by atoms with Gasteiger partial charge in [-0.1, -0.05) is 26.0 Å². The third-order valence-electron chi connectivity index (χ3n) is 2.97. The van der Waals surface area contributed by atoms with Crippen LogP contribution >= 0.6 is 0 Å². The average molecular weight is 376 g/mol. The van der Waals surface area contributed by atoms with Crippen molar-refractivity contribution in [3.05, 3.63) is 29.8 Å². The van der Waals surface area contributed by atoms with Crippen LogP contribution in [0.2, 0.25) is 0 Å². The van der Waals surface area contributed by atoms with Crippen LogP contribution in [0.3, 0.4) is 0 Å². The van der Waals surface area contributed by atoms with Gasteiger partial charge in [0.1, 0.15) is 12.3 Å². The first-order chi connectivity index (χ1) is 12.1. The fraction of sp³-hybridized carbons (Fsp3) is 0.438. The second-order valence-electron chi connectivity index (χ2n) is 5.52. The summed E-state index contributed by atoms with van der Waals surface area (Å²) in [5.41, 5.74) is 1.10. The molecule has 0 atom stereocenters. The molecule has 10 heteroatoms. The molecule has 0 spiro atoms. The second kappa shape index (κ2) is 9.64. The molecule has 0 heterocycles. The number of amides is 3. The summed E-state index contributed by atoms with van der Waals surface area (Å²) in [6.45, 7) is 1.18. The maximum Gasteiger partial charge on any atom is 0.405 e. The van der Waals surface area contributed by atoms with Crippen molar-refractivity contribution >= 4 is 17.9 Å². The quantitative estimate of drug-likeness (QED) is 0.711. The fourth-order valence-electron chi connectivity index (χ4n) is 1.67. The lowest BCUT2D eigenvalue weighted by Crippen LogP contribution is -2.44. The Morgan fingerprint density at radius 1 is 1.08 bits per heavy atom. The zero-order chi connectivity index (χ0) is 19.7. The summed E-state index contributed by atoms with van der Waals surface area (Å²) in [6.07, 6.45) is -4.60. The number of carbonyl (C=O) groups excluding carboxylic acids is 3. The molecule has 0 radical (unpaired) electrons. The van der Waals surface area contributed by atoms with Crippen molar-refractivity contribution in [2.45, 2.75) is 25.9 Å². The first kappa shape index (κ1) is 21.3. The van der Waals surface area contributed by atoms with Gasteiger partial charge in [0, 0.05) is 0 Å². The van der Waals surface area contributed by atoms with E-state index in [1.54, 1.807) is 17.4 Å². The molecule has 3 amide bonds. The molecule has 0 aromatic heterocycles. The monoisotopic (exact) mass is 376 g/mol. The predicted octanol–water partition coefficient (Wildman–Crippen LogP) is 2.12. The fourth-order valence-corrected chi connectivity index (χ4v) is 1.67. The van der Waals surface area contributed by atoms with Crippen molar-refractivity contribution in [3.63, 3.8) is 0 Å². The summed E-state index contributed by atoms with van der Waals surface area (Å²) in [4.78, 5) is 33.8. The summed E-state index contributed by atoms with van der Waals surface area (Å²) in [6, 6.07) is 5.71. The van der Waals surface area contributed by atoms with E-state index in [0.29, 0.717) is 11.7 Å². The van der Waals surface area contributed by atoms with E-state index in [9.17, 15) is 27.6 Å². The summed E-state index contributed by atoms with van der Waals surface area (Å²) in [5, 5.41) is 3.03. The zero-order valence-electron chi connectivity index (χ0n) is 14.2. The third kappa shape index (κ3) is 8.90. The Kier molecular flexibility index (Phi) is 7.88. The number of hydrogen-bond acceptors (Lipinski definition) is 5. The van der Waals surface area contributed by atoms with E-state index in [2.05, 4.69) is 4.74 Å². The van der Waals surface area contributed by atoms with Crippen molar-refractivity contribution in [2.24, 2.45) is 0 Å². The minimum Gasteiger partial charge on any atom is -0.482 e. The molecule has 1 aromatic carbocycles. The van der Waals surface area contributed by atoms with Crippen LogP contribution in [0.25, 0.3) is 0 Å². The van der Waals surface area contributed by atoms with Crippen LogP contribution in [0.5, 0.6) is 5.75 Å². The summed E-state index contributed by atoms with van der Waals surface area (Å²) in [5.74, 6) is -1.16. The van der Waals surface area contributed by atoms with Gasteiger partial charge < -0.3 is 14.8 Å². The molecule has 0 unspecified atom stereocenters. The van der Waals surface area contributed by atoms with Gasteiger partial charge in [0.15, 0.2) is 13.2 Å². The number of alkyl halides is 3. The van der Waals surface area contributed by atoms with Gasteiger partial charge in [-0.2, -0.15) is 13.2 Å². The molecule has 26 heavy (non-hydrogen) atoms. The standard InChI is InChI=1S/C16H19F3N2O5/c1-10(2)11-3-5-12(6-4-11)25-8-14(23)26-7-13(22)21-15(24)20-9-16(17,18)19/h3-6,10H,7-9H2,1-2H3,(H2,20,21,22,24). The summed E-state index contributed by atoms with van der Waals surface area (Å²) in [7, 11) is 0. The van der Waals surface area contributed by atoms with E-state index < -0.39 is 43.8 Å². The van der Waals surface area contributed by atoms with Gasteiger partial charge in [-0.15, -0.1) is 0 Å². The lowest BCUT2D eigenvalue weighted by molar-refractivity contribution is -0.150. The highest BCUT2D eigenvalue weighted by molar-refractivity contribution is 5.95. The Bertz CT molecular complexity index is 630. The average Bonchev–Trinajstić information content (AvgIpc) is 2.56. The van der Waals surface area contributed by atoms with Gasteiger partial charge >= 0.3 is 18.2 Å². The molecule has 1 rings (SSSR count). The van der Waals surface area contributed by atoms with Crippen LogP contribution in [-0.2, 0) is 14.3 Å². The van der Waals surface area contributed by atoms with E-state index in [0.717, 1.165) is 5.56 Å². The van der Waals surface area contributed by atoms with Gasteiger partial charge in [-0.05, 0) is 23.6 Å². The van der Waals surface area contributed by atoms with Crippen molar-refractivity contribution in [1.29, 1.82) is 0 Å². The minimum atomic E-state index is -4.60. The number of benzene rings is 1. The normalized spacial score (nSPS) is 11.0. The number of esters is 1. The minimum absolute atomic E-state index is 0.348. The van der Waals surface area contributed by atoms with Gasteiger partial charge in [0.25, 0.3) is 5.91 Å². The Morgan fingerprint density at radius 2 is 1.69 bits per heavy atom. The molecule has 0 saturated carbocycles. The van der Waals surface area contributed by atoms with Crippen molar-refractivity contribution in [1.82, 2.24) is 10.6 Å². The van der Waals surface area contributed by atoms with Crippen LogP contribution < -0.4 is 15.4 Å². The van der Waals surface area contributed by atoms with E-state index in [-0.39, 0.29) is 0 Å². The number of hydrogen-bond donors (Lipinski definition) is 2. The number of ether oxygens (including phenoxy) is 2. The predicted molar refractivity (Wildman–Crippen MR) is 84.6 cm³/mol. The van der Waals surface area contributed by atoms with E-state index in [1.165, 1.54) is 5.32 Å². The lowest BCUT2D eigenvalue weighted by atomic mass is 10.0. The van der Waals surface area contributed by atoms with E-state index >= 15 is 0 Å². The summed E-state index contributed by atoms with van der Waals surface area (Å²) >= 11 is 0. The Morgan fingerprint density at radius 3 is 2.23 bits per heavy atom. The molecular formula is C16H19F3N2O5. The van der Waals surface area contributed by atoms with Gasteiger partial charge in [-0.3, -0.25) is 10.1 Å². The number of nitrogens with one attached hydrogen (secondary N) is 2. The van der Waals surface area contributed by atoms with Crippen LogP contribution in [-0.4, -0.2) is 43.8 Å². The highest BCUT2D eigenvalue weighted by Crippen LogP contribution is 2.18.